The molecule has 0 amide bonds. The average Bonchev–Trinajstić information content (AvgIpc) is 3.01. The molecule has 0 atom stereocenters. The van der Waals surface area contributed by atoms with Crippen molar-refractivity contribution in [1.29, 1.82) is 0 Å². The van der Waals surface area contributed by atoms with Gasteiger partial charge in [0.25, 0.3) is 5.56 Å². The van der Waals surface area contributed by atoms with Crippen LogP contribution in [0, 0.1) is 0 Å². The molecule has 2 aromatic heterocycles. The third-order valence-corrected chi connectivity index (χ3v) is 2.67. The number of fused-ring (bicyclic) bond motifs is 1. The van der Waals surface area contributed by atoms with E-state index in [4.69, 9.17) is 9.15 Å². The summed E-state index contributed by atoms with van der Waals surface area (Å²) in [7, 11) is 0. The van der Waals surface area contributed by atoms with E-state index >= 15 is 0 Å². The molecule has 0 bridgehead atoms. The van der Waals surface area contributed by atoms with Crippen LogP contribution in [0.4, 0.5) is 0 Å². The van der Waals surface area contributed by atoms with E-state index < -0.39 is 5.97 Å². The normalized spacial score (nSPS) is 10.6. The topological polar surface area (TPSA) is 87.2 Å². The number of ether oxygens (including phenoxy) is 1. The summed E-state index contributed by atoms with van der Waals surface area (Å²) in [4.78, 5) is 23.6. The van der Waals surface area contributed by atoms with Crippen LogP contribution in [0.5, 0.6) is 0 Å². The van der Waals surface area contributed by atoms with Gasteiger partial charge in [0.2, 0.25) is 5.76 Å². The quantitative estimate of drug-likeness (QED) is 0.665. The van der Waals surface area contributed by atoms with Crippen molar-refractivity contribution in [2.45, 2.75) is 6.73 Å². The molecule has 0 N–H and O–H groups in total. The highest BCUT2D eigenvalue weighted by Crippen LogP contribution is 2.05. The second kappa shape index (κ2) is 4.96. The summed E-state index contributed by atoms with van der Waals surface area (Å²) in [6.07, 6.45) is 1.36. The van der Waals surface area contributed by atoms with Crippen molar-refractivity contribution in [1.82, 2.24) is 15.0 Å². The number of rotatable bonds is 3. The summed E-state index contributed by atoms with van der Waals surface area (Å²) >= 11 is 0. The lowest BCUT2D eigenvalue weighted by Gasteiger charge is -2.05. The Hall–Kier alpha value is -2.96. The summed E-state index contributed by atoms with van der Waals surface area (Å²) in [6.45, 7) is -0.323. The standard InChI is InChI=1S/C13H9N3O4/c17-12-9-4-1-2-5-10(9)14-15-16(12)8-20-13(18)11-6-3-7-19-11/h1-7H,8H2. The molecule has 0 saturated carbocycles. The molecule has 7 heteroatoms. The number of furan rings is 1. The second-order valence-corrected chi connectivity index (χ2v) is 3.95. The van der Waals surface area contributed by atoms with Crippen molar-refractivity contribution in [2.24, 2.45) is 0 Å². The van der Waals surface area contributed by atoms with Crippen LogP contribution in [-0.2, 0) is 11.5 Å². The number of carbonyl (C=O) groups is 1. The number of nitrogens with zero attached hydrogens (tertiary/aromatic N) is 3. The van der Waals surface area contributed by atoms with Gasteiger partial charge in [-0.1, -0.05) is 17.3 Å². The summed E-state index contributed by atoms with van der Waals surface area (Å²) in [5, 5.41) is 8.00. The Balaban J connectivity index is 1.83. The third-order valence-electron chi connectivity index (χ3n) is 2.67. The monoisotopic (exact) mass is 271 g/mol. The second-order valence-electron chi connectivity index (χ2n) is 3.95. The Kier molecular flexibility index (Phi) is 3.00. The molecule has 0 spiro atoms. The fraction of sp³-hybridized carbons (Fsp3) is 0.0769. The molecule has 3 rings (SSSR count). The predicted molar refractivity (Wildman–Crippen MR) is 67.9 cm³/mol. The Morgan fingerprint density at radius 3 is 2.90 bits per heavy atom. The molecule has 0 aliphatic carbocycles. The zero-order valence-corrected chi connectivity index (χ0v) is 10.2. The molecule has 3 aromatic rings. The highest BCUT2D eigenvalue weighted by Gasteiger charge is 2.11. The third kappa shape index (κ3) is 2.16. The molecule has 0 unspecified atom stereocenters. The molecule has 0 saturated heterocycles. The van der Waals surface area contributed by atoms with Crippen LogP contribution >= 0.6 is 0 Å². The number of benzene rings is 1. The summed E-state index contributed by atoms with van der Waals surface area (Å²) < 4.78 is 10.8. The predicted octanol–water partition coefficient (Wildman–Crippen LogP) is 1.20. The molecule has 7 nitrogen and oxygen atoms in total. The lowest BCUT2D eigenvalue weighted by Crippen LogP contribution is -2.26. The largest absolute Gasteiger partial charge is 0.457 e. The van der Waals surface area contributed by atoms with Gasteiger partial charge >= 0.3 is 5.97 Å². The van der Waals surface area contributed by atoms with Gasteiger partial charge in [0.05, 0.1) is 11.6 Å². The summed E-state index contributed by atoms with van der Waals surface area (Å²) in [5.74, 6) is -0.608. The smallest absolute Gasteiger partial charge is 0.376 e. The number of aromatic nitrogens is 3. The maximum atomic E-state index is 12.1. The van der Waals surface area contributed by atoms with Crippen molar-refractivity contribution in [3.05, 3.63) is 58.8 Å². The van der Waals surface area contributed by atoms with Crippen molar-refractivity contribution in [3.63, 3.8) is 0 Å². The van der Waals surface area contributed by atoms with Crippen LogP contribution in [0.1, 0.15) is 10.6 Å². The van der Waals surface area contributed by atoms with Crippen LogP contribution in [0.2, 0.25) is 0 Å². The molecule has 0 radical (unpaired) electrons. The van der Waals surface area contributed by atoms with Crippen LogP contribution in [-0.4, -0.2) is 21.0 Å². The van der Waals surface area contributed by atoms with Gasteiger partial charge in [-0.3, -0.25) is 4.79 Å². The number of esters is 1. The first kappa shape index (κ1) is 12.1. The van der Waals surface area contributed by atoms with Crippen molar-refractivity contribution in [3.8, 4) is 0 Å². The van der Waals surface area contributed by atoms with Crippen molar-refractivity contribution in [2.75, 3.05) is 0 Å². The van der Waals surface area contributed by atoms with Crippen molar-refractivity contribution < 1.29 is 13.9 Å². The fourth-order valence-electron chi connectivity index (χ4n) is 1.69. The van der Waals surface area contributed by atoms with Crippen LogP contribution in [0.25, 0.3) is 10.9 Å². The molecule has 0 aliphatic heterocycles. The van der Waals surface area contributed by atoms with E-state index in [2.05, 4.69) is 10.3 Å². The first-order valence-corrected chi connectivity index (χ1v) is 5.79. The van der Waals surface area contributed by atoms with Gasteiger partial charge < -0.3 is 9.15 Å². The van der Waals surface area contributed by atoms with E-state index in [0.29, 0.717) is 10.9 Å². The maximum Gasteiger partial charge on any atom is 0.376 e. The molecule has 20 heavy (non-hydrogen) atoms. The van der Waals surface area contributed by atoms with Gasteiger partial charge in [-0.05, 0) is 24.3 Å². The summed E-state index contributed by atoms with van der Waals surface area (Å²) in [5.41, 5.74) is 0.119. The lowest BCUT2D eigenvalue weighted by molar-refractivity contribution is 0.0300. The molecular weight excluding hydrogens is 262 g/mol. The lowest BCUT2D eigenvalue weighted by atomic mass is 10.2. The Morgan fingerprint density at radius 2 is 2.10 bits per heavy atom. The molecular formula is C13H9N3O4. The minimum absolute atomic E-state index is 0.0618. The minimum Gasteiger partial charge on any atom is -0.457 e. The Bertz CT molecular complexity index is 808. The minimum atomic E-state index is -0.670. The zero-order chi connectivity index (χ0) is 13.9. The number of carbonyl (C=O) groups excluding carboxylic acids is 1. The zero-order valence-electron chi connectivity index (χ0n) is 10.2. The van der Waals surface area contributed by atoms with Gasteiger partial charge in [0.15, 0.2) is 6.73 Å². The highest BCUT2D eigenvalue weighted by molar-refractivity contribution is 5.86. The van der Waals surface area contributed by atoms with E-state index in [-0.39, 0.29) is 18.1 Å². The fourth-order valence-corrected chi connectivity index (χ4v) is 1.69. The Morgan fingerprint density at radius 1 is 1.25 bits per heavy atom. The average molecular weight is 271 g/mol. The molecule has 0 aliphatic rings. The van der Waals surface area contributed by atoms with Crippen molar-refractivity contribution >= 4 is 16.9 Å². The summed E-state index contributed by atoms with van der Waals surface area (Å²) in [6, 6.07) is 9.85. The van der Waals surface area contributed by atoms with E-state index in [0.717, 1.165) is 4.68 Å². The molecule has 2 heterocycles. The van der Waals surface area contributed by atoms with E-state index in [1.165, 1.54) is 12.3 Å². The van der Waals surface area contributed by atoms with Gasteiger partial charge in [0.1, 0.15) is 5.52 Å². The van der Waals surface area contributed by atoms with Gasteiger partial charge in [0, 0.05) is 0 Å². The molecule has 0 fully saturated rings. The van der Waals surface area contributed by atoms with Crippen LogP contribution in [0.3, 0.4) is 0 Å². The highest BCUT2D eigenvalue weighted by atomic mass is 16.6. The number of hydrogen-bond acceptors (Lipinski definition) is 6. The molecule has 100 valence electrons. The Labute approximate surface area is 112 Å². The van der Waals surface area contributed by atoms with Gasteiger partial charge in [-0.25, -0.2) is 4.79 Å². The van der Waals surface area contributed by atoms with Gasteiger partial charge in [-0.2, -0.15) is 4.68 Å². The first-order chi connectivity index (χ1) is 9.75. The van der Waals surface area contributed by atoms with Crippen LogP contribution in [0.15, 0.2) is 51.9 Å². The number of hydrogen-bond donors (Lipinski definition) is 0. The van der Waals surface area contributed by atoms with E-state index in [1.807, 2.05) is 0 Å². The molecule has 1 aromatic carbocycles. The SMILES string of the molecule is O=C(OCn1nnc2ccccc2c1=O)c1ccco1. The van der Waals surface area contributed by atoms with Crippen LogP contribution < -0.4 is 5.56 Å². The maximum absolute atomic E-state index is 12.1. The van der Waals surface area contributed by atoms with E-state index in [1.54, 1.807) is 30.3 Å². The first-order valence-electron chi connectivity index (χ1n) is 5.79. The van der Waals surface area contributed by atoms with Gasteiger partial charge in [-0.15, -0.1) is 5.10 Å². The van der Waals surface area contributed by atoms with E-state index in [9.17, 15) is 9.59 Å².